The number of carbonyl (C=O) groups excluding carboxylic acids is 1. The van der Waals surface area contributed by atoms with Crippen LogP contribution in [0.15, 0.2) is 30.3 Å². The molecule has 1 amide bonds. The fourth-order valence-corrected chi connectivity index (χ4v) is 1.03. The van der Waals surface area contributed by atoms with Crippen molar-refractivity contribution in [2.24, 2.45) is 0 Å². The number of halogens is 1. The fourth-order valence-electron chi connectivity index (χ4n) is 1.03. The molecule has 0 heterocycles. The van der Waals surface area contributed by atoms with E-state index in [9.17, 15) is 14.0 Å². The van der Waals surface area contributed by atoms with Gasteiger partial charge in [-0.25, -0.2) is 4.39 Å². The number of alkyl halides is 1. The molecular weight excluding hydrogens is 201 g/mol. The highest BCUT2D eigenvalue weighted by atomic mass is 19.1. The van der Waals surface area contributed by atoms with E-state index < -0.39 is 24.6 Å². The number of aliphatic carboxylic acids is 1. The van der Waals surface area contributed by atoms with Crippen molar-refractivity contribution >= 4 is 11.9 Å². The summed E-state index contributed by atoms with van der Waals surface area (Å²) in [5.74, 6) is -2.15. The highest BCUT2D eigenvalue weighted by Crippen LogP contribution is 2.16. The van der Waals surface area contributed by atoms with Gasteiger partial charge in [0, 0.05) is 0 Å². The highest BCUT2D eigenvalue weighted by Gasteiger charge is 2.19. The topological polar surface area (TPSA) is 66.4 Å². The Balaban J connectivity index is 2.57. The summed E-state index contributed by atoms with van der Waals surface area (Å²) in [6, 6.07) is 7.83. The zero-order valence-electron chi connectivity index (χ0n) is 7.81. The van der Waals surface area contributed by atoms with Crippen molar-refractivity contribution in [2.75, 3.05) is 6.54 Å². The van der Waals surface area contributed by atoms with Crippen LogP contribution in [0.5, 0.6) is 0 Å². The molecule has 0 saturated heterocycles. The molecule has 80 valence electrons. The largest absolute Gasteiger partial charge is 0.480 e. The molecule has 5 heteroatoms. The number of carboxylic acids is 1. The third-order valence-corrected chi connectivity index (χ3v) is 1.74. The van der Waals surface area contributed by atoms with Gasteiger partial charge in [0.2, 0.25) is 6.17 Å². The molecular formula is C10H10FNO3. The van der Waals surface area contributed by atoms with Gasteiger partial charge in [0.25, 0.3) is 5.91 Å². The van der Waals surface area contributed by atoms with Crippen LogP contribution in [0.2, 0.25) is 0 Å². The van der Waals surface area contributed by atoms with Crippen molar-refractivity contribution in [1.82, 2.24) is 5.32 Å². The summed E-state index contributed by atoms with van der Waals surface area (Å²) in [4.78, 5) is 21.2. The lowest BCUT2D eigenvalue weighted by atomic mass is 10.1. The zero-order valence-corrected chi connectivity index (χ0v) is 7.81. The van der Waals surface area contributed by atoms with E-state index in [0.29, 0.717) is 0 Å². The van der Waals surface area contributed by atoms with Crippen LogP contribution in [-0.4, -0.2) is 23.5 Å². The molecule has 1 rings (SSSR count). The van der Waals surface area contributed by atoms with Gasteiger partial charge in [-0.2, -0.15) is 0 Å². The maximum Gasteiger partial charge on any atom is 0.322 e. The summed E-state index contributed by atoms with van der Waals surface area (Å²) in [6.45, 7) is -0.577. The Morgan fingerprint density at radius 2 is 1.93 bits per heavy atom. The number of carbonyl (C=O) groups is 2. The summed E-state index contributed by atoms with van der Waals surface area (Å²) in [5.41, 5.74) is 0.209. The molecule has 0 aliphatic heterocycles. The lowest BCUT2D eigenvalue weighted by molar-refractivity contribution is -0.138. The van der Waals surface area contributed by atoms with Gasteiger partial charge in [0.15, 0.2) is 0 Å². The first-order valence-electron chi connectivity index (χ1n) is 4.30. The van der Waals surface area contributed by atoms with Crippen LogP contribution in [0.1, 0.15) is 11.7 Å². The molecule has 0 fully saturated rings. The molecule has 0 aliphatic carbocycles. The monoisotopic (exact) mass is 211 g/mol. The molecule has 1 atom stereocenters. The number of hydrogen-bond acceptors (Lipinski definition) is 2. The molecule has 1 aromatic rings. The second-order valence-electron chi connectivity index (χ2n) is 2.88. The second-order valence-corrected chi connectivity index (χ2v) is 2.88. The fraction of sp³-hybridized carbons (Fsp3) is 0.200. The maximum absolute atomic E-state index is 13.4. The van der Waals surface area contributed by atoms with E-state index in [4.69, 9.17) is 5.11 Å². The van der Waals surface area contributed by atoms with E-state index >= 15 is 0 Å². The Morgan fingerprint density at radius 1 is 1.33 bits per heavy atom. The molecule has 0 saturated carbocycles. The van der Waals surface area contributed by atoms with Gasteiger partial charge >= 0.3 is 5.97 Å². The van der Waals surface area contributed by atoms with Gasteiger partial charge in [-0.3, -0.25) is 9.59 Å². The standard InChI is InChI=1S/C10H10FNO3/c11-9(7-4-2-1-3-5-7)10(15)12-6-8(13)14/h1-5,9H,6H2,(H,12,15)(H,13,14). The first kappa shape index (κ1) is 11.2. The summed E-state index contributed by atoms with van der Waals surface area (Å²) in [5, 5.41) is 10.2. The Bertz CT molecular complexity index is 353. The van der Waals surface area contributed by atoms with Crippen LogP contribution in [-0.2, 0) is 9.59 Å². The quantitative estimate of drug-likeness (QED) is 0.777. The second kappa shape index (κ2) is 5.09. The van der Waals surface area contributed by atoms with Gasteiger partial charge < -0.3 is 10.4 Å². The first-order valence-corrected chi connectivity index (χ1v) is 4.30. The molecule has 0 aliphatic rings. The van der Waals surface area contributed by atoms with Gasteiger partial charge in [0.05, 0.1) is 0 Å². The van der Waals surface area contributed by atoms with Crippen molar-refractivity contribution in [2.45, 2.75) is 6.17 Å². The number of amides is 1. The Morgan fingerprint density at radius 3 is 2.47 bits per heavy atom. The summed E-state index contributed by atoms with van der Waals surface area (Å²) in [7, 11) is 0. The molecule has 0 spiro atoms. The lowest BCUT2D eigenvalue weighted by Gasteiger charge is -2.07. The summed E-state index contributed by atoms with van der Waals surface area (Å²) < 4.78 is 13.4. The Hall–Kier alpha value is -1.91. The minimum Gasteiger partial charge on any atom is -0.480 e. The van der Waals surface area contributed by atoms with E-state index in [-0.39, 0.29) is 5.56 Å². The first-order chi connectivity index (χ1) is 7.11. The number of nitrogens with one attached hydrogen (secondary N) is 1. The van der Waals surface area contributed by atoms with Crippen molar-refractivity contribution in [1.29, 1.82) is 0 Å². The third-order valence-electron chi connectivity index (χ3n) is 1.74. The van der Waals surface area contributed by atoms with Crippen LogP contribution in [0.3, 0.4) is 0 Å². The van der Waals surface area contributed by atoms with Crippen molar-refractivity contribution < 1.29 is 19.1 Å². The van der Waals surface area contributed by atoms with Crippen LogP contribution in [0, 0.1) is 0 Å². The van der Waals surface area contributed by atoms with Crippen LogP contribution >= 0.6 is 0 Å². The minimum absolute atomic E-state index is 0.209. The molecule has 0 bridgehead atoms. The van der Waals surface area contributed by atoms with E-state index in [2.05, 4.69) is 0 Å². The van der Waals surface area contributed by atoms with Crippen LogP contribution in [0.4, 0.5) is 4.39 Å². The third kappa shape index (κ3) is 3.38. The number of rotatable bonds is 4. The van der Waals surface area contributed by atoms with Crippen molar-refractivity contribution in [3.05, 3.63) is 35.9 Å². The lowest BCUT2D eigenvalue weighted by Crippen LogP contribution is -2.32. The molecule has 0 radical (unpaired) electrons. The van der Waals surface area contributed by atoms with E-state index in [0.717, 1.165) is 0 Å². The molecule has 0 aromatic heterocycles. The Labute approximate surface area is 85.7 Å². The molecule has 2 N–H and O–H groups in total. The van der Waals surface area contributed by atoms with E-state index in [1.807, 2.05) is 5.32 Å². The Kier molecular flexibility index (Phi) is 3.79. The summed E-state index contributed by atoms with van der Waals surface area (Å²) in [6.07, 6.45) is -1.83. The smallest absolute Gasteiger partial charge is 0.322 e. The molecule has 1 unspecified atom stereocenters. The number of hydrogen-bond donors (Lipinski definition) is 2. The van der Waals surface area contributed by atoms with Crippen LogP contribution in [0.25, 0.3) is 0 Å². The number of carboxylic acid groups (broad SMARTS) is 1. The molecule has 4 nitrogen and oxygen atoms in total. The molecule has 15 heavy (non-hydrogen) atoms. The average molecular weight is 211 g/mol. The predicted octanol–water partition coefficient (Wildman–Crippen LogP) is 0.898. The van der Waals surface area contributed by atoms with Crippen molar-refractivity contribution in [3.63, 3.8) is 0 Å². The number of benzene rings is 1. The van der Waals surface area contributed by atoms with Gasteiger partial charge in [-0.05, 0) is 5.56 Å². The minimum atomic E-state index is -1.83. The van der Waals surface area contributed by atoms with E-state index in [1.165, 1.54) is 12.1 Å². The normalized spacial score (nSPS) is 11.8. The van der Waals surface area contributed by atoms with Crippen LogP contribution < -0.4 is 5.32 Å². The highest BCUT2D eigenvalue weighted by molar-refractivity contribution is 5.85. The van der Waals surface area contributed by atoms with E-state index in [1.54, 1.807) is 18.2 Å². The van der Waals surface area contributed by atoms with Crippen molar-refractivity contribution in [3.8, 4) is 0 Å². The SMILES string of the molecule is O=C(O)CNC(=O)C(F)c1ccccc1. The summed E-state index contributed by atoms with van der Waals surface area (Å²) >= 11 is 0. The van der Waals surface area contributed by atoms with Gasteiger partial charge in [-0.15, -0.1) is 0 Å². The van der Waals surface area contributed by atoms with Gasteiger partial charge in [0.1, 0.15) is 6.54 Å². The maximum atomic E-state index is 13.4. The molecule has 1 aromatic carbocycles. The predicted molar refractivity (Wildman–Crippen MR) is 50.9 cm³/mol. The zero-order chi connectivity index (χ0) is 11.3. The van der Waals surface area contributed by atoms with Gasteiger partial charge in [-0.1, -0.05) is 30.3 Å². The average Bonchev–Trinajstić information content (AvgIpc) is 2.26.